The van der Waals surface area contributed by atoms with E-state index in [1.807, 2.05) is 50.2 Å². The molecule has 1 atom stereocenters. The first kappa shape index (κ1) is 33.1. The van der Waals surface area contributed by atoms with Crippen molar-refractivity contribution in [2.24, 2.45) is 0 Å². The van der Waals surface area contributed by atoms with Crippen LogP contribution in [-0.4, -0.2) is 58.5 Å². The number of rotatable bonds is 14. The number of amides is 2. The van der Waals surface area contributed by atoms with Gasteiger partial charge in [-0.15, -0.1) is 0 Å². The minimum absolute atomic E-state index is 0.0348. The minimum Gasteiger partial charge on any atom is -0.497 e. The molecular weight excluding hydrogens is 590 g/mol. The lowest BCUT2D eigenvalue weighted by Crippen LogP contribution is -2.53. The van der Waals surface area contributed by atoms with E-state index in [-0.39, 0.29) is 29.5 Å². The van der Waals surface area contributed by atoms with Gasteiger partial charge in [0.15, 0.2) is 0 Å². The molecule has 4 rings (SSSR count). The number of sulfonamides is 1. The number of hydrogen-bond donors (Lipinski definition) is 1. The number of ether oxygens (including phenoxy) is 2. The fourth-order valence-corrected chi connectivity index (χ4v) is 6.35. The Morgan fingerprint density at radius 1 is 0.800 bits per heavy atom. The molecule has 0 aliphatic carbocycles. The Morgan fingerprint density at radius 2 is 1.42 bits per heavy atom. The van der Waals surface area contributed by atoms with Crippen LogP contribution >= 0.6 is 0 Å². The molecule has 4 aromatic rings. The summed E-state index contributed by atoms with van der Waals surface area (Å²) in [5.41, 5.74) is 2.73. The van der Waals surface area contributed by atoms with Gasteiger partial charge >= 0.3 is 0 Å². The Balaban J connectivity index is 1.81. The zero-order valence-corrected chi connectivity index (χ0v) is 26.8. The largest absolute Gasteiger partial charge is 0.497 e. The topological polar surface area (TPSA) is 105 Å². The van der Waals surface area contributed by atoms with Crippen LogP contribution in [-0.2, 0) is 32.6 Å². The number of benzene rings is 4. The van der Waals surface area contributed by atoms with Crippen molar-refractivity contribution in [2.45, 2.75) is 37.8 Å². The van der Waals surface area contributed by atoms with Crippen LogP contribution in [0, 0.1) is 6.92 Å². The van der Waals surface area contributed by atoms with E-state index in [2.05, 4.69) is 5.32 Å². The quantitative estimate of drug-likeness (QED) is 0.211. The lowest BCUT2D eigenvalue weighted by molar-refractivity contribution is -0.140. The Morgan fingerprint density at radius 3 is 2.07 bits per heavy atom. The molecule has 10 heteroatoms. The van der Waals surface area contributed by atoms with Gasteiger partial charge in [-0.1, -0.05) is 66.2 Å². The van der Waals surface area contributed by atoms with Crippen LogP contribution in [0.3, 0.4) is 0 Å². The van der Waals surface area contributed by atoms with Gasteiger partial charge in [-0.25, -0.2) is 8.42 Å². The predicted molar refractivity (Wildman–Crippen MR) is 175 cm³/mol. The lowest BCUT2D eigenvalue weighted by atomic mass is 10.0. The van der Waals surface area contributed by atoms with Crippen molar-refractivity contribution in [2.75, 3.05) is 31.6 Å². The molecule has 236 valence electrons. The van der Waals surface area contributed by atoms with Crippen molar-refractivity contribution in [1.82, 2.24) is 10.2 Å². The molecule has 0 aromatic heterocycles. The van der Waals surface area contributed by atoms with Crippen molar-refractivity contribution < 1.29 is 27.5 Å². The number of carbonyl (C=O) groups excluding carboxylic acids is 2. The molecular formula is C35H39N3O6S. The number of carbonyl (C=O) groups is 2. The zero-order chi connectivity index (χ0) is 32.4. The van der Waals surface area contributed by atoms with Crippen LogP contribution in [0.5, 0.6) is 11.5 Å². The van der Waals surface area contributed by atoms with Crippen molar-refractivity contribution in [3.05, 3.63) is 120 Å². The van der Waals surface area contributed by atoms with Gasteiger partial charge in [0.05, 0.1) is 24.8 Å². The monoisotopic (exact) mass is 629 g/mol. The molecule has 0 fully saturated rings. The van der Waals surface area contributed by atoms with E-state index in [0.717, 1.165) is 21.0 Å². The highest BCUT2D eigenvalue weighted by Crippen LogP contribution is 2.28. The van der Waals surface area contributed by atoms with Crippen LogP contribution in [0.2, 0.25) is 0 Å². The standard InChI is InChI=1S/C35H39N3O6S/c1-5-36-35(40)33(22-27-11-7-6-8-12-27)37(24-28-13-9-15-30(21-28)43-3)34(39)25-38(29-14-10-16-31(23-29)44-4)45(41,42)32-19-17-26(2)18-20-32/h6-21,23,33H,5,22,24-25H2,1-4H3,(H,36,40)/t33-/m1/s1. The second-order valence-corrected chi connectivity index (χ2v) is 12.4. The summed E-state index contributed by atoms with van der Waals surface area (Å²) in [6.07, 6.45) is 0.228. The van der Waals surface area contributed by atoms with Gasteiger partial charge in [-0.05, 0) is 61.4 Å². The molecule has 2 amide bonds. The van der Waals surface area contributed by atoms with Crippen LogP contribution in [0.25, 0.3) is 0 Å². The number of nitrogens with zero attached hydrogens (tertiary/aromatic N) is 2. The van der Waals surface area contributed by atoms with Gasteiger partial charge in [0.25, 0.3) is 10.0 Å². The molecule has 0 heterocycles. The predicted octanol–water partition coefficient (Wildman–Crippen LogP) is 4.98. The first-order valence-electron chi connectivity index (χ1n) is 14.6. The summed E-state index contributed by atoms with van der Waals surface area (Å²) in [4.78, 5) is 29.6. The molecule has 4 aromatic carbocycles. The summed E-state index contributed by atoms with van der Waals surface area (Å²) < 4.78 is 40.2. The highest BCUT2D eigenvalue weighted by molar-refractivity contribution is 7.92. The third-order valence-electron chi connectivity index (χ3n) is 7.34. The number of hydrogen-bond acceptors (Lipinski definition) is 6. The second-order valence-electron chi connectivity index (χ2n) is 10.5. The smallest absolute Gasteiger partial charge is 0.264 e. The summed E-state index contributed by atoms with van der Waals surface area (Å²) in [7, 11) is -1.18. The Hall–Kier alpha value is -4.83. The van der Waals surface area contributed by atoms with E-state index in [4.69, 9.17) is 9.47 Å². The van der Waals surface area contributed by atoms with Gasteiger partial charge in [0.1, 0.15) is 24.1 Å². The average Bonchev–Trinajstić information content (AvgIpc) is 3.05. The van der Waals surface area contributed by atoms with Crippen LogP contribution < -0.4 is 19.1 Å². The van der Waals surface area contributed by atoms with E-state index in [1.54, 1.807) is 61.7 Å². The maximum atomic E-state index is 14.5. The third-order valence-corrected chi connectivity index (χ3v) is 9.13. The van der Waals surface area contributed by atoms with E-state index in [1.165, 1.54) is 24.1 Å². The molecule has 0 aliphatic heterocycles. The zero-order valence-electron chi connectivity index (χ0n) is 26.0. The van der Waals surface area contributed by atoms with Crippen molar-refractivity contribution >= 4 is 27.5 Å². The summed E-state index contributed by atoms with van der Waals surface area (Å²) in [5.74, 6) is 0.134. The highest BCUT2D eigenvalue weighted by atomic mass is 32.2. The number of likely N-dealkylation sites (N-methyl/N-ethyl adjacent to an activating group) is 1. The number of methoxy groups -OCH3 is 2. The van der Waals surface area contributed by atoms with Crippen LogP contribution in [0.1, 0.15) is 23.6 Å². The Labute approximate surface area is 265 Å². The maximum absolute atomic E-state index is 14.5. The molecule has 0 radical (unpaired) electrons. The summed E-state index contributed by atoms with van der Waals surface area (Å²) in [6, 6.07) is 28.7. The van der Waals surface area contributed by atoms with Gasteiger partial charge in [-0.3, -0.25) is 13.9 Å². The van der Waals surface area contributed by atoms with Crippen LogP contribution in [0.4, 0.5) is 5.69 Å². The van der Waals surface area contributed by atoms with E-state index >= 15 is 0 Å². The van der Waals surface area contributed by atoms with E-state index < -0.39 is 28.5 Å². The summed E-state index contributed by atoms with van der Waals surface area (Å²) in [5, 5.41) is 2.87. The first-order chi connectivity index (χ1) is 21.7. The molecule has 45 heavy (non-hydrogen) atoms. The Kier molecular flexibility index (Phi) is 11.2. The van der Waals surface area contributed by atoms with E-state index in [9.17, 15) is 18.0 Å². The first-order valence-corrected chi connectivity index (χ1v) is 16.1. The van der Waals surface area contributed by atoms with Gasteiger partial charge in [-0.2, -0.15) is 0 Å². The number of nitrogens with one attached hydrogen (secondary N) is 1. The lowest BCUT2D eigenvalue weighted by Gasteiger charge is -2.34. The van der Waals surface area contributed by atoms with Crippen molar-refractivity contribution in [3.63, 3.8) is 0 Å². The van der Waals surface area contributed by atoms with Crippen LogP contribution in [0.15, 0.2) is 108 Å². The van der Waals surface area contributed by atoms with Gasteiger partial charge < -0.3 is 19.7 Å². The minimum atomic E-state index is -4.21. The van der Waals surface area contributed by atoms with E-state index in [0.29, 0.717) is 18.0 Å². The van der Waals surface area contributed by atoms with Crippen molar-refractivity contribution in [1.29, 1.82) is 0 Å². The molecule has 0 spiro atoms. The molecule has 1 N–H and O–H groups in total. The van der Waals surface area contributed by atoms with Gasteiger partial charge in [0, 0.05) is 25.6 Å². The second kappa shape index (κ2) is 15.3. The molecule has 0 saturated heterocycles. The highest BCUT2D eigenvalue weighted by Gasteiger charge is 2.34. The van der Waals surface area contributed by atoms with Gasteiger partial charge in [0.2, 0.25) is 11.8 Å². The summed E-state index contributed by atoms with van der Waals surface area (Å²) >= 11 is 0. The molecule has 0 bridgehead atoms. The Bertz CT molecular complexity index is 1690. The normalized spacial score (nSPS) is 11.7. The average molecular weight is 630 g/mol. The fourth-order valence-electron chi connectivity index (χ4n) is 4.95. The maximum Gasteiger partial charge on any atom is 0.264 e. The van der Waals surface area contributed by atoms with Crippen molar-refractivity contribution in [3.8, 4) is 11.5 Å². The SMILES string of the molecule is CCNC(=O)[C@@H](Cc1ccccc1)N(Cc1cccc(OC)c1)C(=O)CN(c1cccc(OC)c1)S(=O)(=O)c1ccc(C)cc1. The summed E-state index contributed by atoms with van der Waals surface area (Å²) in [6.45, 7) is 3.52. The molecule has 0 aliphatic rings. The molecule has 0 unspecified atom stereocenters. The molecule has 9 nitrogen and oxygen atoms in total. The number of anilines is 1. The fraction of sp³-hybridized carbons (Fsp3) is 0.257. The molecule has 0 saturated carbocycles. The third kappa shape index (κ3) is 8.42. The number of aryl methyl sites for hydroxylation is 1.